The molecule has 128 valence electrons. The second-order valence-electron chi connectivity index (χ2n) is 6.45. The Morgan fingerprint density at radius 2 is 1.78 bits per heavy atom. The lowest BCUT2D eigenvalue weighted by Gasteiger charge is -2.43. The van der Waals surface area contributed by atoms with Crippen LogP contribution in [0.5, 0.6) is 17.2 Å². The van der Waals surface area contributed by atoms with E-state index in [0.29, 0.717) is 23.6 Å². The van der Waals surface area contributed by atoms with E-state index in [0.717, 1.165) is 24.4 Å². The fraction of sp³-hybridized carbons (Fsp3) is 0.667. The van der Waals surface area contributed by atoms with Crippen LogP contribution in [0.25, 0.3) is 0 Å². The maximum atomic E-state index is 5.63. The van der Waals surface area contributed by atoms with Crippen LogP contribution in [0.2, 0.25) is 0 Å². The van der Waals surface area contributed by atoms with Gasteiger partial charge in [0, 0.05) is 37.3 Å². The van der Waals surface area contributed by atoms with E-state index in [-0.39, 0.29) is 0 Å². The quantitative estimate of drug-likeness (QED) is 0.832. The molecule has 1 aromatic carbocycles. The molecule has 3 rings (SSSR count). The number of fused-ring (bicyclic) bond motifs is 1. The molecule has 0 amide bonds. The Morgan fingerprint density at radius 3 is 2.48 bits per heavy atom. The molecule has 2 saturated heterocycles. The van der Waals surface area contributed by atoms with Crippen molar-refractivity contribution in [1.29, 1.82) is 0 Å². The van der Waals surface area contributed by atoms with E-state index in [2.05, 4.69) is 22.8 Å². The summed E-state index contributed by atoms with van der Waals surface area (Å²) in [4.78, 5) is 5.21. The topological polar surface area (TPSA) is 34.2 Å². The highest BCUT2D eigenvalue weighted by Crippen LogP contribution is 2.40. The molecule has 0 radical (unpaired) electrons. The third kappa shape index (κ3) is 3.00. The lowest BCUT2D eigenvalue weighted by molar-refractivity contribution is 0.0465. The Hall–Kier alpha value is -1.46. The summed E-state index contributed by atoms with van der Waals surface area (Å²) in [5, 5.41) is 0. The van der Waals surface area contributed by atoms with Gasteiger partial charge in [-0.3, -0.25) is 9.80 Å². The highest BCUT2D eigenvalue weighted by molar-refractivity contribution is 5.55. The standard InChI is InChI=1S/C18H28N2O3/c1-13-15-6-5-9-19(15)10-11-20(13)12-14-7-8-16(21-2)18(23-4)17(14)22-3/h7-8,13,15H,5-6,9-12H2,1-4H3/t13-,15+/m1/s1. The molecule has 2 aliphatic heterocycles. The zero-order valence-corrected chi connectivity index (χ0v) is 14.7. The molecular weight excluding hydrogens is 292 g/mol. The Kier molecular flexibility index (Phi) is 4.97. The fourth-order valence-electron chi connectivity index (χ4n) is 4.11. The Labute approximate surface area is 139 Å². The Bertz CT molecular complexity index is 549. The van der Waals surface area contributed by atoms with Crippen molar-refractivity contribution < 1.29 is 14.2 Å². The molecule has 1 aromatic rings. The van der Waals surface area contributed by atoms with Crippen molar-refractivity contribution in [2.24, 2.45) is 0 Å². The number of benzene rings is 1. The minimum Gasteiger partial charge on any atom is -0.493 e. The molecule has 0 saturated carbocycles. The maximum absolute atomic E-state index is 5.63. The summed E-state index contributed by atoms with van der Waals surface area (Å²) in [6, 6.07) is 5.33. The summed E-state index contributed by atoms with van der Waals surface area (Å²) in [6.45, 7) is 6.78. The molecule has 2 fully saturated rings. The SMILES string of the molecule is COc1ccc(CN2CCN3CCC[C@H]3[C@H]2C)c(OC)c1OC. The number of methoxy groups -OCH3 is 3. The summed E-state index contributed by atoms with van der Waals surface area (Å²) in [6.07, 6.45) is 2.66. The van der Waals surface area contributed by atoms with Crippen LogP contribution in [0.4, 0.5) is 0 Å². The molecule has 2 aliphatic rings. The maximum Gasteiger partial charge on any atom is 0.203 e. The molecule has 0 unspecified atom stereocenters. The zero-order chi connectivity index (χ0) is 16.4. The van der Waals surface area contributed by atoms with E-state index < -0.39 is 0 Å². The van der Waals surface area contributed by atoms with Crippen molar-refractivity contribution in [2.75, 3.05) is 41.0 Å². The van der Waals surface area contributed by atoms with Crippen molar-refractivity contribution in [1.82, 2.24) is 9.80 Å². The molecule has 5 heteroatoms. The van der Waals surface area contributed by atoms with Crippen molar-refractivity contribution in [2.45, 2.75) is 38.4 Å². The van der Waals surface area contributed by atoms with Crippen LogP contribution in [0, 0.1) is 0 Å². The molecule has 0 N–H and O–H groups in total. The van der Waals surface area contributed by atoms with Gasteiger partial charge in [-0.25, -0.2) is 0 Å². The average Bonchev–Trinajstić information content (AvgIpc) is 3.06. The number of hydrogen-bond donors (Lipinski definition) is 0. The third-order valence-corrected chi connectivity index (χ3v) is 5.38. The smallest absolute Gasteiger partial charge is 0.203 e. The lowest BCUT2D eigenvalue weighted by atomic mass is 10.0. The Morgan fingerprint density at radius 1 is 1.00 bits per heavy atom. The highest BCUT2D eigenvalue weighted by atomic mass is 16.5. The van der Waals surface area contributed by atoms with E-state index in [1.807, 2.05) is 6.07 Å². The number of nitrogens with zero attached hydrogens (tertiary/aromatic N) is 2. The summed E-state index contributed by atoms with van der Waals surface area (Å²) in [5.41, 5.74) is 1.16. The van der Waals surface area contributed by atoms with E-state index in [1.54, 1.807) is 21.3 Å². The first-order valence-corrected chi connectivity index (χ1v) is 8.45. The number of piperazine rings is 1. The van der Waals surface area contributed by atoms with Crippen LogP contribution in [-0.2, 0) is 6.54 Å². The monoisotopic (exact) mass is 320 g/mol. The summed E-state index contributed by atoms with van der Waals surface area (Å²) < 4.78 is 16.5. The summed E-state index contributed by atoms with van der Waals surface area (Å²) >= 11 is 0. The fourth-order valence-corrected chi connectivity index (χ4v) is 4.11. The minimum atomic E-state index is 0.573. The molecule has 2 heterocycles. The highest BCUT2D eigenvalue weighted by Gasteiger charge is 2.36. The van der Waals surface area contributed by atoms with Crippen LogP contribution in [0.1, 0.15) is 25.3 Å². The van der Waals surface area contributed by atoms with Crippen molar-refractivity contribution in [3.8, 4) is 17.2 Å². The van der Waals surface area contributed by atoms with Crippen LogP contribution in [0.15, 0.2) is 12.1 Å². The van der Waals surface area contributed by atoms with Gasteiger partial charge in [-0.1, -0.05) is 6.07 Å². The van der Waals surface area contributed by atoms with Gasteiger partial charge in [0.15, 0.2) is 11.5 Å². The van der Waals surface area contributed by atoms with Crippen molar-refractivity contribution in [3.05, 3.63) is 17.7 Å². The van der Waals surface area contributed by atoms with Crippen molar-refractivity contribution >= 4 is 0 Å². The first kappa shape index (κ1) is 16.4. The van der Waals surface area contributed by atoms with Crippen LogP contribution in [-0.4, -0.2) is 62.8 Å². The second kappa shape index (κ2) is 6.97. The van der Waals surface area contributed by atoms with Gasteiger partial charge in [-0.05, 0) is 32.4 Å². The lowest BCUT2D eigenvalue weighted by Crippen LogP contribution is -2.55. The molecule has 0 spiro atoms. The zero-order valence-electron chi connectivity index (χ0n) is 14.7. The predicted octanol–water partition coefficient (Wildman–Crippen LogP) is 2.38. The first-order chi connectivity index (χ1) is 11.2. The van der Waals surface area contributed by atoms with E-state index in [9.17, 15) is 0 Å². The largest absolute Gasteiger partial charge is 0.493 e. The van der Waals surface area contributed by atoms with Crippen LogP contribution in [0.3, 0.4) is 0 Å². The number of rotatable bonds is 5. The van der Waals surface area contributed by atoms with E-state index in [1.165, 1.54) is 25.9 Å². The Balaban J connectivity index is 1.82. The van der Waals surface area contributed by atoms with Gasteiger partial charge in [0.25, 0.3) is 0 Å². The number of ether oxygens (including phenoxy) is 3. The third-order valence-electron chi connectivity index (χ3n) is 5.38. The summed E-state index contributed by atoms with van der Waals surface area (Å²) in [5.74, 6) is 2.18. The molecule has 0 aliphatic carbocycles. The predicted molar refractivity (Wildman–Crippen MR) is 90.6 cm³/mol. The van der Waals surface area contributed by atoms with Crippen molar-refractivity contribution in [3.63, 3.8) is 0 Å². The van der Waals surface area contributed by atoms with E-state index in [4.69, 9.17) is 14.2 Å². The van der Waals surface area contributed by atoms with E-state index >= 15 is 0 Å². The molecule has 2 atom stereocenters. The van der Waals surface area contributed by atoms with Gasteiger partial charge in [-0.15, -0.1) is 0 Å². The van der Waals surface area contributed by atoms with Gasteiger partial charge >= 0.3 is 0 Å². The van der Waals surface area contributed by atoms with Gasteiger partial charge in [0.05, 0.1) is 21.3 Å². The second-order valence-corrected chi connectivity index (χ2v) is 6.45. The normalized spacial score (nSPS) is 25.2. The first-order valence-electron chi connectivity index (χ1n) is 8.45. The van der Waals surface area contributed by atoms with Gasteiger partial charge in [-0.2, -0.15) is 0 Å². The molecule has 0 bridgehead atoms. The van der Waals surface area contributed by atoms with Gasteiger partial charge in [0.2, 0.25) is 5.75 Å². The van der Waals surface area contributed by atoms with Gasteiger partial charge < -0.3 is 14.2 Å². The molecule has 23 heavy (non-hydrogen) atoms. The molecule has 0 aromatic heterocycles. The van der Waals surface area contributed by atoms with Crippen LogP contribution < -0.4 is 14.2 Å². The number of hydrogen-bond acceptors (Lipinski definition) is 5. The molecule has 5 nitrogen and oxygen atoms in total. The molecular formula is C18H28N2O3. The summed E-state index contributed by atoms with van der Waals surface area (Å²) in [7, 11) is 5.00. The van der Waals surface area contributed by atoms with Crippen LogP contribution >= 0.6 is 0 Å². The minimum absolute atomic E-state index is 0.573. The van der Waals surface area contributed by atoms with Gasteiger partial charge in [0.1, 0.15) is 0 Å². The average molecular weight is 320 g/mol.